The summed E-state index contributed by atoms with van der Waals surface area (Å²) in [6.45, 7) is 0.518. The molecule has 3 N–H and O–H groups in total. The minimum Gasteiger partial charge on any atom is -0.481 e. The number of hydrogen-bond donors (Lipinski definition) is 2. The van der Waals surface area contributed by atoms with Crippen molar-refractivity contribution in [3.63, 3.8) is 0 Å². The molecule has 0 unspecified atom stereocenters. The van der Waals surface area contributed by atoms with Gasteiger partial charge in [-0.05, 0) is 17.7 Å². The lowest BCUT2D eigenvalue weighted by atomic mass is 10.2. The molecule has 0 saturated heterocycles. The largest absolute Gasteiger partial charge is 0.481 e. The minimum atomic E-state index is -0.798. The fourth-order valence-corrected chi connectivity index (χ4v) is 1.49. The third-order valence-electron chi connectivity index (χ3n) is 1.52. The first kappa shape index (κ1) is 10.1. The van der Waals surface area contributed by atoms with E-state index in [9.17, 15) is 4.79 Å². The monoisotopic (exact) mass is 197 g/mol. The molecule has 0 spiro atoms. The summed E-state index contributed by atoms with van der Waals surface area (Å²) in [5, 5.41) is 8.43. The van der Waals surface area contributed by atoms with Gasteiger partial charge in [0, 0.05) is 11.4 Å². The van der Waals surface area contributed by atoms with E-state index in [1.54, 1.807) is 0 Å². The fourth-order valence-electron chi connectivity index (χ4n) is 0.867. The predicted molar refractivity (Wildman–Crippen MR) is 52.7 cm³/mol. The van der Waals surface area contributed by atoms with Crippen LogP contribution in [0.25, 0.3) is 0 Å². The van der Waals surface area contributed by atoms with Crippen LogP contribution in [0.3, 0.4) is 0 Å². The fraction of sp³-hybridized carbons (Fsp3) is 0.222. The van der Waals surface area contributed by atoms with Crippen LogP contribution in [0.2, 0.25) is 0 Å². The van der Waals surface area contributed by atoms with Crippen LogP contribution in [-0.2, 0) is 11.3 Å². The topological polar surface area (TPSA) is 63.3 Å². The highest BCUT2D eigenvalue weighted by Crippen LogP contribution is 2.17. The van der Waals surface area contributed by atoms with Crippen LogP contribution in [0.1, 0.15) is 5.56 Å². The molecule has 0 aromatic heterocycles. The van der Waals surface area contributed by atoms with E-state index in [4.69, 9.17) is 10.8 Å². The van der Waals surface area contributed by atoms with E-state index in [2.05, 4.69) is 0 Å². The molecule has 0 atom stereocenters. The maximum atomic E-state index is 10.3. The van der Waals surface area contributed by atoms with Gasteiger partial charge in [-0.3, -0.25) is 4.79 Å². The maximum Gasteiger partial charge on any atom is 0.313 e. The molecule has 3 nitrogen and oxygen atoms in total. The highest BCUT2D eigenvalue weighted by atomic mass is 32.2. The zero-order valence-electron chi connectivity index (χ0n) is 7.06. The molecule has 1 rings (SSSR count). The second-order valence-corrected chi connectivity index (χ2v) is 3.58. The van der Waals surface area contributed by atoms with Gasteiger partial charge < -0.3 is 10.8 Å². The Morgan fingerprint density at radius 1 is 1.38 bits per heavy atom. The Morgan fingerprint density at radius 3 is 2.46 bits per heavy atom. The molecule has 0 aliphatic rings. The Hall–Kier alpha value is -1.00. The Labute approximate surface area is 80.9 Å². The predicted octanol–water partition coefficient (Wildman–Crippen LogP) is 1.32. The summed E-state index contributed by atoms with van der Waals surface area (Å²) in [5.41, 5.74) is 6.48. The average molecular weight is 197 g/mol. The van der Waals surface area contributed by atoms with E-state index < -0.39 is 5.97 Å². The summed E-state index contributed by atoms with van der Waals surface area (Å²) >= 11 is 1.31. The SMILES string of the molecule is NCc1ccc(SCC(=O)O)cc1. The van der Waals surface area contributed by atoms with Crippen molar-refractivity contribution in [2.24, 2.45) is 5.73 Å². The smallest absolute Gasteiger partial charge is 0.313 e. The van der Waals surface area contributed by atoms with E-state index in [1.807, 2.05) is 24.3 Å². The van der Waals surface area contributed by atoms with Crippen molar-refractivity contribution in [2.45, 2.75) is 11.4 Å². The molecule has 0 amide bonds. The quantitative estimate of drug-likeness (QED) is 0.715. The molecule has 4 heteroatoms. The number of hydrogen-bond acceptors (Lipinski definition) is 3. The number of carbonyl (C=O) groups is 1. The number of rotatable bonds is 4. The molecular weight excluding hydrogens is 186 g/mol. The van der Waals surface area contributed by atoms with Crippen LogP contribution in [-0.4, -0.2) is 16.8 Å². The van der Waals surface area contributed by atoms with Crippen LogP contribution >= 0.6 is 11.8 Å². The van der Waals surface area contributed by atoms with E-state index in [0.29, 0.717) is 6.54 Å². The molecule has 0 saturated carbocycles. The van der Waals surface area contributed by atoms with E-state index in [-0.39, 0.29) is 5.75 Å². The normalized spacial score (nSPS) is 9.92. The second kappa shape index (κ2) is 4.89. The van der Waals surface area contributed by atoms with Crippen molar-refractivity contribution in [3.8, 4) is 0 Å². The molecule has 70 valence electrons. The first-order valence-electron chi connectivity index (χ1n) is 3.86. The van der Waals surface area contributed by atoms with Gasteiger partial charge in [0.05, 0.1) is 5.75 Å². The maximum absolute atomic E-state index is 10.3. The van der Waals surface area contributed by atoms with Gasteiger partial charge in [0.1, 0.15) is 0 Å². The minimum absolute atomic E-state index is 0.0992. The summed E-state index contributed by atoms with van der Waals surface area (Å²) in [4.78, 5) is 11.2. The summed E-state index contributed by atoms with van der Waals surface area (Å²) in [6, 6.07) is 7.58. The molecule has 0 aliphatic heterocycles. The zero-order chi connectivity index (χ0) is 9.68. The third kappa shape index (κ3) is 3.48. The van der Waals surface area contributed by atoms with Crippen molar-refractivity contribution in [1.29, 1.82) is 0 Å². The van der Waals surface area contributed by atoms with E-state index in [1.165, 1.54) is 11.8 Å². The highest BCUT2D eigenvalue weighted by Gasteiger charge is 1.98. The van der Waals surface area contributed by atoms with Crippen molar-refractivity contribution < 1.29 is 9.90 Å². The Kier molecular flexibility index (Phi) is 3.79. The first-order valence-corrected chi connectivity index (χ1v) is 4.84. The molecule has 1 aromatic rings. The van der Waals surface area contributed by atoms with Gasteiger partial charge in [-0.25, -0.2) is 0 Å². The van der Waals surface area contributed by atoms with Gasteiger partial charge in [0.25, 0.3) is 0 Å². The van der Waals surface area contributed by atoms with Gasteiger partial charge in [-0.2, -0.15) is 0 Å². The lowest BCUT2D eigenvalue weighted by Gasteiger charge is -1.99. The zero-order valence-corrected chi connectivity index (χ0v) is 7.88. The summed E-state index contributed by atoms with van der Waals surface area (Å²) in [6.07, 6.45) is 0. The number of aliphatic carboxylic acids is 1. The van der Waals surface area contributed by atoms with Crippen LogP contribution in [0, 0.1) is 0 Å². The van der Waals surface area contributed by atoms with Crippen molar-refractivity contribution in [3.05, 3.63) is 29.8 Å². The van der Waals surface area contributed by atoms with E-state index >= 15 is 0 Å². The number of carboxylic acid groups (broad SMARTS) is 1. The van der Waals surface area contributed by atoms with Crippen LogP contribution in [0.15, 0.2) is 29.2 Å². The van der Waals surface area contributed by atoms with Gasteiger partial charge in [-0.1, -0.05) is 12.1 Å². The highest BCUT2D eigenvalue weighted by molar-refractivity contribution is 8.00. The molecule has 0 fully saturated rings. The Morgan fingerprint density at radius 2 is 2.00 bits per heavy atom. The van der Waals surface area contributed by atoms with Crippen LogP contribution < -0.4 is 5.73 Å². The molecular formula is C9H11NO2S. The third-order valence-corrected chi connectivity index (χ3v) is 2.52. The standard InChI is InChI=1S/C9H11NO2S/c10-5-7-1-3-8(4-2-7)13-6-9(11)12/h1-4H,5-6,10H2,(H,11,12). The van der Waals surface area contributed by atoms with Crippen molar-refractivity contribution in [2.75, 3.05) is 5.75 Å². The van der Waals surface area contributed by atoms with Gasteiger partial charge in [-0.15, -0.1) is 11.8 Å². The molecule has 0 heterocycles. The summed E-state index contributed by atoms with van der Waals surface area (Å²) < 4.78 is 0. The molecule has 13 heavy (non-hydrogen) atoms. The summed E-state index contributed by atoms with van der Waals surface area (Å²) in [5.74, 6) is -0.699. The number of carboxylic acids is 1. The number of thioether (sulfide) groups is 1. The Balaban J connectivity index is 2.54. The van der Waals surface area contributed by atoms with Crippen LogP contribution in [0.5, 0.6) is 0 Å². The lowest BCUT2D eigenvalue weighted by molar-refractivity contribution is -0.133. The van der Waals surface area contributed by atoms with Crippen LogP contribution in [0.4, 0.5) is 0 Å². The molecule has 0 aliphatic carbocycles. The van der Waals surface area contributed by atoms with Crippen molar-refractivity contribution in [1.82, 2.24) is 0 Å². The average Bonchev–Trinajstić information content (AvgIpc) is 2.15. The molecule has 1 aromatic carbocycles. The summed E-state index contributed by atoms with van der Waals surface area (Å²) in [7, 11) is 0. The lowest BCUT2D eigenvalue weighted by Crippen LogP contribution is -1.98. The first-order chi connectivity index (χ1) is 6.22. The van der Waals surface area contributed by atoms with Crippen molar-refractivity contribution >= 4 is 17.7 Å². The van der Waals surface area contributed by atoms with Gasteiger partial charge in [0.2, 0.25) is 0 Å². The van der Waals surface area contributed by atoms with E-state index in [0.717, 1.165) is 10.5 Å². The number of benzene rings is 1. The second-order valence-electron chi connectivity index (χ2n) is 2.53. The Bertz CT molecular complexity index is 284. The van der Waals surface area contributed by atoms with Gasteiger partial charge >= 0.3 is 5.97 Å². The number of nitrogens with two attached hydrogens (primary N) is 1. The molecule has 0 bridgehead atoms. The molecule has 0 radical (unpaired) electrons. The van der Waals surface area contributed by atoms with Gasteiger partial charge in [0.15, 0.2) is 0 Å².